The summed E-state index contributed by atoms with van der Waals surface area (Å²) in [5.74, 6) is 0.589. The van der Waals surface area contributed by atoms with Crippen LogP contribution >= 0.6 is 0 Å². The Morgan fingerprint density at radius 1 is 1.10 bits per heavy atom. The molecule has 5 heteroatoms. The Hall–Kier alpha value is -3.08. The topological polar surface area (TPSA) is 49.9 Å². The number of carbonyl (C=O) groups excluding carboxylic acids is 2. The van der Waals surface area contributed by atoms with Gasteiger partial charge < -0.3 is 14.5 Å². The van der Waals surface area contributed by atoms with Crippen LogP contribution in [-0.4, -0.2) is 43.0 Å². The summed E-state index contributed by atoms with van der Waals surface area (Å²) in [6, 6.07) is 17.8. The van der Waals surface area contributed by atoms with Gasteiger partial charge >= 0.3 is 0 Å². The molecule has 1 atom stereocenters. The molecular formula is C24H26N2O3. The van der Waals surface area contributed by atoms with Crippen molar-refractivity contribution >= 4 is 23.1 Å². The number of anilines is 1. The molecule has 2 aliphatic heterocycles. The monoisotopic (exact) mass is 390 g/mol. The standard InChI is InChI=1S/C24H26N2O3/c1-2-29-22-10-8-21(9-11-22)26-17-20(16-23(26)27)24(28)25-14-12-19(13-15-25)18-6-4-3-5-7-18/h3-12,20H,2,13-17H2,1H3/t20-/m1/s1. The normalized spacial score (nSPS) is 19.3. The van der Waals surface area contributed by atoms with Gasteiger partial charge in [-0.2, -0.15) is 0 Å². The minimum Gasteiger partial charge on any atom is -0.494 e. The van der Waals surface area contributed by atoms with Crippen LogP contribution in [0.15, 0.2) is 60.7 Å². The van der Waals surface area contributed by atoms with E-state index >= 15 is 0 Å². The first kappa shape index (κ1) is 19.2. The van der Waals surface area contributed by atoms with Crippen molar-refractivity contribution in [3.63, 3.8) is 0 Å². The maximum Gasteiger partial charge on any atom is 0.228 e. The molecule has 150 valence electrons. The summed E-state index contributed by atoms with van der Waals surface area (Å²) in [5, 5.41) is 0. The number of amides is 2. The minimum absolute atomic E-state index is 0.00466. The van der Waals surface area contributed by atoms with Gasteiger partial charge in [-0.05, 0) is 48.7 Å². The minimum atomic E-state index is -0.277. The molecule has 29 heavy (non-hydrogen) atoms. The van der Waals surface area contributed by atoms with Crippen LogP contribution in [0.25, 0.3) is 5.57 Å². The quantitative estimate of drug-likeness (QED) is 0.781. The van der Waals surface area contributed by atoms with E-state index < -0.39 is 0 Å². The zero-order valence-corrected chi connectivity index (χ0v) is 16.7. The van der Waals surface area contributed by atoms with E-state index in [4.69, 9.17) is 4.74 Å². The maximum atomic E-state index is 13.0. The van der Waals surface area contributed by atoms with Gasteiger partial charge in [0, 0.05) is 31.7 Å². The molecule has 0 aromatic heterocycles. The van der Waals surface area contributed by atoms with Gasteiger partial charge in [-0.15, -0.1) is 0 Å². The van der Waals surface area contributed by atoms with Crippen LogP contribution in [0.3, 0.4) is 0 Å². The van der Waals surface area contributed by atoms with Gasteiger partial charge in [0.05, 0.1) is 12.5 Å². The maximum absolute atomic E-state index is 13.0. The average Bonchev–Trinajstić information content (AvgIpc) is 3.16. The zero-order chi connectivity index (χ0) is 20.2. The summed E-state index contributed by atoms with van der Waals surface area (Å²) in [6.45, 7) is 4.29. The number of ether oxygens (including phenoxy) is 1. The number of benzene rings is 2. The first-order chi connectivity index (χ1) is 14.2. The fourth-order valence-electron chi connectivity index (χ4n) is 4.05. The van der Waals surface area contributed by atoms with Crippen LogP contribution in [0.5, 0.6) is 5.75 Å². The van der Waals surface area contributed by atoms with Crippen molar-refractivity contribution in [2.24, 2.45) is 5.92 Å². The van der Waals surface area contributed by atoms with Crippen molar-refractivity contribution in [2.45, 2.75) is 19.8 Å². The number of hydrogen-bond donors (Lipinski definition) is 0. The molecule has 2 aromatic carbocycles. The van der Waals surface area contributed by atoms with Gasteiger partial charge in [0.1, 0.15) is 5.75 Å². The molecule has 2 heterocycles. The van der Waals surface area contributed by atoms with E-state index in [-0.39, 0.29) is 24.2 Å². The summed E-state index contributed by atoms with van der Waals surface area (Å²) >= 11 is 0. The Morgan fingerprint density at radius 3 is 2.52 bits per heavy atom. The lowest BCUT2D eigenvalue weighted by Crippen LogP contribution is -2.39. The predicted octanol–water partition coefficient (Wildman–Crippen LogP) is 3.75. The molecule has 0 bridgehead atoms. The third-order valence-corrected chi connectivity index (χ3v) is 5.60. The molecule has 2 amide bonds. The molecule has 5 nitrogen and oxygen atoms in total. The molecule has 1 fully saturated rings. The molecule has 0 unspecified atom stereocenters. The van der Waals surface area contributed by atoms with E-state index in [9.17, 15) is 9.59 Å². The summed E-state index contributed by atoms with van der Waals surface area (Å²) in [4.78, 5) is 29.1. The fourth-order valence-corrected chi connectivity index (χ4v) is 4.05. The summed E-state index contributed by atoms with van der Waals surface area (Å²) in [6.07, 6.45) is 3.26. The van der Waals surface area contributed by atoms with Crippen molar-refractivity contribution in [2.75, 3.05) is 31.1 Å². The lowest BCUT2D eigenvalue weighted by atomic mass is 9.98. The van der Waals surface area contributed by atoms with E-state index in [1.807, 2.05) is 54.3 Å². The van der Waals surface area contributed by atoms with Crippen LogP contribution < -0.4 is 9.64 Å². The lowest BCUT2D eigenvalue weighted by Gasteiger charge is -2.29. The van der Waals surface area contributed by atoms with E-state index in [2.05, 4.69) is 18.2 Å². The van der Waals surface area contributed by atoms with Crippen molar-refractivity contribution in [3.05, 3.63) is 66.2 Å². The molecule has 1 saturated heterocycles. The predicted molar refractivity (Wildman–Crippen MR) is 114 cm³/mol. The van der Waals surface area contributed by atoms with Crippen LogP contribution in [0.1, 0.15) is 25.3 Å². The number of hydrogen-bond acceptors (Lipinski definition) is 3. The smallest absolute Gasteiger partial charge is 0.228 e. The highest BCUT2D eigenvalue weighted by molar-refractivity contribution is 6.00. The Labute approximate surface area is 171 Å². The fraction of sp³-hybridized carbons (Fsp3) is 0.333. The summed E-state index contributed by atoms with van der Waals surface area (Å²) < 4.78 is 5.46. The van der Waals surface area contributed by atoms with Crippen molar-refractivity contribution in [3.8, 4) is 5.75 Å². The zero-order valence-electron chi connectivity index (χ0n) is 16.7. The van der Waals surface area contributed by atoms with Crippen molar-refractivity contribution in [1.29, 1.82) is 0 Å². The van der Waals surface area contributed by atoms with Gasteiger partial charge in [0.2, 0.25) is 11.8 Å². The van der Waals surface area contributed by atoms with Crippen LogP contribution in [0, 0.1) is 5.92 Å². The van der Waals surface area contributed by atoms with Crippen LogP contribution in [-0.2, 0) is 9.59 Å². The Morgan fingerprint density at radius 2 is 1.86 bits per heavy atom. The van der Waals surface area contributed by atoms with Gasteiger partial charge in [-0.3, -0.25) is 9.59 Å². The molecule has 4 rings (SSSR count). The number of rotatable bonds is 5. The Kier molecular flexibility index (Phi) is 5.65. The Balaban J connectivity index is 1.39. The second-order valence-electron chi connectivity index (χ2n) is 7.46. The van der Waals surface area contributed by atoms with Gasteiger partial charge in [0.15, 0.2) is 0 Å². The van der Waals surface area contributed by atoms with Crippen molar-refractivity contribution in [1.82, 2.24) is 4.90 Å². The highest BCUT2D eigenvalue weighted by Gasteiger charge is 2.37. The SMILES string of the molecule is CCOc1ccc(N2C[C@H](C(=O)N3CC=C(c4ccccc4)CC3)CC2=O)cc1. The largest absolute Gasteiger partial charge is 0.494 e. The lowest BCUT2D eigenvalue weighted by molar-refractivity contribution is -0.135. The average molecular weight is 390 g/mol. The van der Waals surface area contributed by atoms with E-state index in [0.29, 0.717) is 26.2 Å². The molecule has 0 aliphatic carbocycles. The highest BCUT2D eigenvalue weighted by atomic mass is 16.5. The third kappa shape index (κ3) is 4.19. The first-order valence-corrected chi connectivity index (χ1v) is 10.2. The highest BCUT2D eigenvalue weighted by Crippen LogP contribution is 2.29. The Bertz CT molecular complexity index is 905. The van der Waals surface area contributed by atoms with E-state index in [1.54, 1.807) is 4.90 Å². The molecule has 0 saturated carbocycles. The molecule has 0 N–H and O–H groups in total. The van der Waals surface area contributed by atoms with Gasteiger partial charge in [0.25, 0.3) is 0 Å². The van der Waals surface area contributed by atoms with Crippen LogP contribution in [0.4, 0.5) is 5.69 Å². The number of carbonyl (C=O) groups is 2. The van der Waals surface area contributed by atoms with Gasteiger partial charge in [-0.25, -0.2) is 0 Å². The van der Waals surface area contributed by atoms with E-state index in [0.717, 1.165) is 17.9 Å². The molecule has 0 radical (unpaired) electrons. The molecule has 2 aromatic rings. The first-order valence-electron chi connectivity index (χ1n) is 10.2. The summed E-state index contributed by atoms with van der Waals surface area (Å²) in [7, 11) is 0. The number of nitrogens with zero attached hydrogens (tertiary/aromatic N) is 2. The van der Waals surface area contributed by atoms with Gasteiger partial charge in [-0.1, -0.05) is 36.4 Å². The third-order valence-electron chi connectivity index (χ3n) is 5.60. The van der Waals surface area contributed by atoms with Crippen LogP contribution in [0.2, 0.25) is 0 Å². The molecular weight excluding hydrogens is 364 g/mol. The second kappa shape index (κ2) is 8.52. The van der Waals surface area contributed by atoms with Crippen molar-refractivity contribution < 1.29 is 14.3 Å². The molecule has 2 aliphatic rings. The van der Waals surface area contributed by atoms with E-state index in [1.165, 1.54) is 11.1 Å². The second-order valence-corrected chi connectivity index (χ2v) is 7.46. The molecule has 0 spiro atoms. The summed E-state index contributed by atoms with van der Waals surface area (Å²) in [5.41, 5.74) is 3.32.